The van der Waals surface area contributed by atoms with Gasteiger partial charge in [-0.15, -0.1) is 0 Å². The monoisotopic (exact) mass is 305 g/mol. The molecule has 1 amide bonds. The van der Waals surface area contributed by atoms with Gasteiger partial charge in [0.25, 0.3) is 11.6 Å². The highest BCUT2D eigenvalue weighted by Crippen LogP contribution is 2.28. The molecule has 0 bridgehead atoms. The molecule has 2 aromatic carbocycles. The quantitative estimate of drug-likeness (QED) is 0.516. The van der Waals surface area contributed by atoms with Crippen molar-refractivity contribution >= 4 is 34.6 Å². The molecule has 0 unspecified atom stereocenters. The fourth-order valence-corrected chi connectivity index (χ4v) is 2.01. The standard InChI is InChI=1S/C14H12ClN3O3/c1-8-10(3-2-4-12(8)16)14(19)17-9-5-6-11(15)13(7-9)18(20)21/h2-7H,16H2,1H3,(H,17,19). The van der Waals surface area contributed by atoms with Crippen molar-refractivity contribution in [2.75, 3.05) is 11.1 Å². The zero-order valence-corrected chi connectivity index (χ0v) is 11.8. The van der Waals surface area contributed by atoms with Crippen molar-refractivity contribution in [3.05, 3.63) is 62.7 Å². The third-order valence-electron chi connectivity index (χ3n) is 3.02. The number of rotatable bonds is 3. The van der Waals surface area contributed by atoms with Crippen LogP contribution < -0.4 is 11.1 Å². The van der Waals surface area contributed by atoms with Crippen LogP contribution in [-0.4, -0.2) is 10.8 Å². The van der Waals surface area contributed by atoms with E-state index in [2.05, 4.69) is 5.32 Å². The number of halogens is 1. The minimum Gasteiger partial charge on any atom is -0.398 e. The van der Waals surface area contributed by atoms with Crippen LogP contribution in [0.5, 0.6) is 0 Å². The fraction of sp³-hybridized carbons (Fsp3) is 0.0714. The van der Waals surface area contributed by atoms with E-state index in [4.69, 9.17) is 17.3 Å². The third-order valence-corrected chi connectivity index (χ3v) is 3.34. The maximum atomic E-state index is 12.2. The molecule has 0 saturated heterocycles. The Balaban J connectivity index is 2.30. The predicted molar refractivity (Wildman–Crippen MR) is 81.7 cm³/mol. The number of amides is 1. The third kappa shape index (κ3) is 3.11. The van der Waals surface area contributed by atoms with Crippen LogP contribution in [0.2, 0.25) is 5.02 Å². The van der Waals surface area contributed by atoms with Crippen LogP contribution in [0.15, 0.2) is 36.4 Å². The van der Waals surface area contributed by atoms with Gasteiger partial charge in [0.15, 0.2) is 0 Å². The zero-order valence-electron chi connectivity index (χ0n) is 11.1. The Morgan fingerprint density at radius 3 is 2.71 bits per heavy atom. The summed E-state index contributed by atoms with van der Waals surface area (Å²) in [4.78, 5) is 22.4. The van der Waals surface area contributed by atoms with E-state index in [1.807, 2.05) is 0 Å². The lowest BCUT2D eigenvalue weighted by Crippen LogP contribution is -2.14. The van der Waals surface area contributed by atoms with Crippen LogP contribution in [0.1, 0.15) is 15.9 Å². The maximum Gasteiger partial charge on any atom is 0.289 e. The van der Waals surface area contributed by atoms with Crippen molar-refractivity contribution in [1.29, 1.82) is 0 Å². The van der Waals surface area contributed by atoms with E-state index in [1.165, 1.54) is 18.2 Å². The van der Waals surface area contributed by atoms with E-state index < -0.39 is 10.8 Å². The first kappa shape index (κ1) is 14.8. The largest absolute Gasteiger partial charge is 0.398 e. The molecular formula is C14H12ClN3O3. The summed E-state index contributed by atoms with van der Waals surface area (Å²) in [6, 6.07) is 9.06. The molecule has 0 heterocycles. The lowest BCUT2D eigenvalue weighted by atomic mass is 10.1. The van der Waals surface area contributed by atoms with E-state index in [1.54, 1.807) is 25.1 Å². The van der Waals surface area contributed by atoms with E-state index in [-0.39, 0.29) is 16.4 Å². The van der Waals surface area contributed by atoms with Gasteiger partial charge in [0, 0.05) is 23.0 Å². The second-order valence-electron chi connectivity index (χ2n) is 4.40. The second kappa shape index (κ2) is 5.80. The number of nitro groups is 1. The first-order chi connectivity index (χ1) is 9.90. The van der Waals surface area contributed by atoms with Gasteiger partial charge in [0.05, 0.1) is 4.92 Å². The highest BCUT2D eigenvalue weighted by atomic mass is 35.5. The molecule has 7 heteroatoms. The number of carbonyl (C=O) groups excluding carboxylic acids is 1. The molecule has 21 heavy (non-hydrogen) atoms. The van der Waals surface area contributed by atoms with Gasteiger partial charge in [0.2, 0.25) is 0 Å². The Morgan fingerprint density at radius 2 is 2.05 bits per heavy atom. The Kier molecular flexibility index (Phi) is 4.09. The van der Waals surface area contributed by atoms with Crippen LogP contribution in [0.25, 0.3) is 0 Å². The predicted octanol–water partition coefficient (Wildman–Crippen LogP) is 3.39. The lowest BCUT2D eigenvalue weighted by Gasteiger charge is -2.09. The molecule has 0 aliphatic carbocycles. The molecule has 2 aromatic rings. The number of nitro benzene ring substituents is 1. The molecule has 3 N–H and O–H groups in total. The van der Waals surface area contributed by atoms with Crippen molar-refractivity contribution < 1.29 is 9.72 Å². The lowest BCUT2D eigenvalue weighted by molar-refractivity contribution is -0.384. The first-order valence-corrected chi connectivity index (χ1v) is 6.38. The van der Waals surface area contributed by atoms with Crippen molar-refractivity contribution in [2.24, 2.45) is 0 Å². The van der Waals surface area contributed by atoms with Crippen molar-refractivity contribution in [1.82, 2.24) is 0 Å². The van der Waals surface area contributed by atoms with Gasteiger partial charge in [-0.25, -0.2) is 0 Å². The first-order valence-electron chi connectivity index (χ1n) is 6.00. The highest BCUT2D eigenvalue weighted by molar-refractivity contribution is 6.32. The Morgan fingerprint density at radius 1 is 1.33 bits per heavy atom. The van der Waals surface area contributed by atoms with Gasteiger partial charge in [-0.1, -0.05) is 17.7 Å². The molecule has 0 fully saturated rings. The summed E-state index contributed by atoms with van der Waals surface area (Å²) in [6.07, 6.45) is 0. The number of nitrogen functional groups attached to an aromatic ring is 1. The Bertz CT molecular complexity index is 731. The molecule has 0 radical (unpaired) electrons. The van der Waals surface area contributed by atoms with Gasteiger partial charge in [-0.2, -0.15) is 0 Å². The summed E-state index contributed by atoms with van der Waals surface area (Å²) < 4.78 is 0. The van der Waals surface area contributed by atoms with Crippen LogP contribution in [0.4, 0.5) is 17.1 Å². The number of anilines is 2. The van der Waals surface area contributed by atoms with Gasteiger partial charge in [0.1, 0.15) is 5.02 Å². The number of hydrogen-bond acceptors (Lipinski definition) is 4. The minimum atomic E-state index is -0.607. The van der Waals surface area contributed by atoms with E-state index in [9.17, 15) is 14.9 Å². The number of hydrogen-bond donors (Lipinski definition) is 2. The number of nitrogens with one attached hydrogen (secondary N) is 1. The van der Waals surface area contributed by atoms with Gasteiger partial charge in [-0.3, -0.25) is 14.9 Å². The van der Waals surface area contributed by atoms with Crippen LogP contribution in [-0.2, 0) is 0 Å². The Hall–Kier alpha value is -2.60. The zero-order chi connectivity index (χ0) is 15.6. The SMILES string of the molecule is Cc1c(N)cccc1C(=O)Nc1ccc(Cl)c([N+](=O)[O-])c1. The summed E-state index contributed by atoms with van der Waals surface area (Å²) in [6.45, 7) is 1.73. The van der Waals surface area contributed by atoms with E-state index in [0.29, 0.717) is 16.8 Å². The van der Waals surface area contributed by atoms with E-state index in [0.717, 1.165) is 0 Å². The van der Waals surface area contributed by atoms with Gasteiger partial charge < -0.3 is 11.1 Å². The highest BCUT2D eigenvalue weighted by Gasteiger charge is 2.15. The normalized spacial score (nSPS) is 10.2. The molecule has 2 rings (SSSR count). The maximum absolute atomic E-state index is 12.2. The molecule has 0 aromatic heterocycles. The number of nitrogens with two attached hydrogens (primary N) is 1. The molecule has 0 aliphatic rings. The average molecular weight is 306 g/mol. The van der Waals surface area contributed by atoms with Crippen molar-refractivity contribution in [3.63, 3.8) is 0 Å². The van der Waals surface area contributed by atoms with Crippen LogP contribution >= 0.6 is 11.6 Å². The van der Waals surface area contributed by atoms with Gasteiger partial charge in [-0.05, 0) is 36.8 Å². The Labute approximate surface area is 125 Å². The summed E-state index contributed by atoms with van der Waals surface area (Å²) >= 11 is 5.72. The molecular weight excluding hydrogens is 294 g/mol. The molecule has 0 atom stereocenters. The second-order valence-corrected chi connectivity index (χ2v) is 4.80. The molecule has 0 aliphatic heterocycles. The number of carbonyl (C=O) groups is 1. The number of nitrogens with zero attached hydrogens (tertiary/aromatic N) is 1. The van der Waals surface area contributed by atoms with Crippen LogP contribution in [0.3, 0.4) is 0 Å². The van der Waals surface area contributed by atoms with Gasteiger partial charge >= 0.3 is 0 Å². The molecule has 0 saturated carbocycles. The van der Waals surface area contributed by atoms with E-state index >= 15 is 0 Å². The molecule has 6 nitrogen and oxygen atoms in total. The number of benzene rings is 2. The molecule has 0 spiro atoms. The smallest absolute Gasteiger partial charge is 0.289 e. The average Bonchev–Trinajstić information content (AvgIpc) is 2.43. The summed E-state index contributed by atoms with van der Waals surface area (Å²) in [5, 5.41) is 13.4. The van der Waals surface area contributed by atoms with Crippen molar-refractivity contribution in [3.8, 4) is 0 Å². The summed E-state index contributed by atoms with van der Waals surface area (Å²) in [7, 11) is 0. The summed E-state index contributed by atoms with van der Waals surface area (Å²) in [5.74, 6) is -0.392. The fourth-order valence-electron chi connectivity index (χ4n) is 1.83. The molecule has 108 valence electrons. The summed E-state index contributed by atoms with van der Waals surface area (Å²) in [5.41, 5.74) is 7.34. The van der Waals surface area contributed by atoms with Crippen molar-refractivity contribution in [2.45, 2.75) is 6.92 Å². The topological polar surface area (TPSA) is 98.3 Å². The van der Waals surface area contributed by atoms with Crippen LogP contribution in [0, 0.1) is 17.0 Å². The minimum absolute atomic E-state index is 0.0122.